The van der Waals surface area contributed by atoms with Crippen LogP contribution < -0.4 is 0 Å². The summed E-state index contributed by atoms with van der Waals surface area (Å²) in [5.74, 6) is 0. The van der Waals surface area contributed by atoms with Crippen LogP contribution in [0.4, 0.5) is 0 Å². The van der Waals surface area contributed by atoms with Crippen molar-refractivity contribution in [2.75, 3.05) is 0 Å². The minimum atomic E-state index is 0.930. The molecule has 0 amide bonds. The van der Waals surface area contributed by atoms with Crippen molar-refractivity contribution in [2.45, 2.75) is 6.42 Å². The first-order valence-corrected chi connectivity index (χ1v) is 13.9. The van der Waals surface area contributed by atoms with Crippen molar-refractivity contribution >= 4 is 60.3 Å². The molecule has 5 heteroatoms. The molecular formula is C36H21N5. The zero-order chi connectivity index (χ0) is 26.7. The third-order valence-corrected chi connectivity index (χ3v) is 8.81. The van der Waals surface area contributed by atoms with Crippen molar-refractivity contribution in [3.8, 4) is 16.8 Å². The Morgan fingerprint density at radius 1 is 0.585 bits per heavy atom. The Morgan fingerprint density at radius 2 is 1.44 bits per heavy atom. The summed E-state index contributed by atoms with van der Waals surface area (Å²) in [5.41, 5.74) is 13.8. The van der Waals surface area contributed by atoms with Gasteiger partial charge in [-0.1, -0.05) is 42.5 Å². The van der Waals surface area contributed by atoms with Crippen molar-refractivity contribution in [1.82, 2.24) is 23.9 Å². The number of fused-ring (bicyclic) bond motifs is 14. The molecule has 0 N–H and O–H groups in total. The van der Waals surface area contributed by atoms with Crippen molar-refractivity contribution in [1.29, 1.82) is 0 Å². The molecule has 1 aliphatic carbocycles. The summed E-state index contributed by atoms with van der Waals surface area (Å²) in [4.78, 5) is 14.4. The van der Waals surface area contributed by atoms with E-state index >= 15 is 0 Å². The topological polar surface area (TPSA) is 48.0 Å². The van der Waals surface area contributed by atoms with Crippen molar-refractivity contribution in [3.63, 3.8) is 0 Å². The van der Waals surface area contributed by atoms with Gasteiger partial charge in [0.1, 0.15) is 5.65 Å². The van der Waals surface area contributed by atoms with E-state index in [1.165, 1.54) is 44.1 Å². The first-order chi connectivity index (χ1) is 20.3. The van der Waals surface area contributed by atoms with Crippen LogP contribution >= 0.6 is 0 Å². The van der Waals surface area contributed by atoms with Gasteiger partial charge in [-0.05, 0) is 83.3 Å². The minimum absolute atomic E-state index is 0.930. The van der Waals surface area contributed by atoms with Crippen LogP contribution in [-0.4, -0.2) is 23.9 Å². The standard InChI is InChI=1S/C36H21N5/c1-2-8-23(9-3-1)40-32-18-25-22(15-21-7-4-5-10-24(21)25)16-26(32)27-17-29-28(19-33(27)40)35-31(11-6-13-38-35)41-34-20-37-14-12-30(34)39-36(29)41/h1-14,16-20H,15H2. The lowest BCUT2D eigenvalue weighted by Crippen LogP contribution is -1.96. The van der Waals surface area contributed by atoms with E-state index < -0.39 is 0 Å². The van der Waals surface area contributed by atoms with Gasteiger partial charge < -0.3 is 4.57 Å². The maximum atomic E-state index is 5.12. The monoisotopic (exact) mass is 523 g/mol. The molecular weight excluding hydrogens is 502 g/mol. The highest BCUT2D eigenvalue weighted by Gasteiger charge is 2.23. The highest BCUT2D eigenvalue weighted by atomic mass is 15.0. The van der Waals surface area contributed by atoms with Crippen LogP contribution in [0.5, 0.6) is 0 Å². The highest BCUT2D eigenvalue weighted by Crippen LogP contribution is 2.44. The number of para-hydroxylation sites is 1. The summed E-state index contributed by atoms with van der Waals surface area (Å²) in [6.45, 7) is 0. The van der Waals surface area contributed by atoms with E-state index in [9.17, 15) is 0 Å². The Balaban J connectivity index is 1.43. The molecule has 0 spiro atoms. The molecule has 0 aliphatic heterocycles. The van der Waals surface area contributed by atoms with Gasteiger partial charge in [0.2, 0.25) is 0 Å². The van der Waals surface area contributed by atoms with Crippen molar-refractivity contribution < 1.29 is 0 Å². The normalized spacial score (nSPS) is 12.8. The van der Waals surface area contributed by atoms with Gasteiger partial charge in [0.25, 0.3) is 0 Å². The lowest BCUT2D eigenvalue weighted by atomic mass is 10.0. The zero-order valence-electron chi connectivity index (χ0n) is 21.9. The molecule has 0 radical (unpaired) electrons. The minimum Gasteiger partial charge on any atom is -0.309 e. The van der Waals surface area contributed by atoms with E-state index in [1.807, 2.05) is 30.7 Å². The van der Waals surface area contributed by atoms with E-state index in [4.69, 9.17) is 9.97 Å². The van der Waals surface area contributed by atoms with Gasteiger partial charge in [0, 0.05) is 39.6 Å². The number of nitrogens with zero attached hydrogens (tertiary/aromatic N) is 5. The van der Waals surface area contributed by atoms with Crippen LogP contribution in [0.15, 0.2) is 116 Å². The lowest BCUT2D eigenvalue weighted by molar-refractivity contribution is 1.18. The van der Waals surface area contributed by atoms with Gasteiger partial charge in [-0.2, -0.15) is 0 Å². The van der Waals surface area contributed by atoms with Gasteiger partial charge in [0.15, 0.2) is 0 Å². The third-order valence-electron chi connectivity index (χ3n) is 8.81. The summed E-state index contributed by atoms with van der Waals surface area (Å²) < 4.78 is 4.62. The Bertz CT molecular complexity index is 2550. The van der Waals surface area contributed by atoms with Gasteiger partial charge in [0.05, 0.1) is 39.3 Å². The van der Waals surface area contributed by atoms with E-state index in [0.29, 0.717) is 0 Å². The Morgan fingerprint density at radius 3 is 2.39 bits per heavy atom. The van der Waals surface area contributed by atoms with Crippen LogP contribution in [0, 0.1) is 0 Å². The first-order valence-electron chi connectivity index (χ1n) is 13.9. The Hall–Kier alpha value is -5.55. The highest BCUT2D eigenvalue weighted by molar-refractivity contribution is 6.21. The summed E-state index contributed by atoms with van der Waals surface area (Å²) in [7, 11) is 0. The van der Waals surface area contributed by atoms with Gasteiger partial charge in [-0.25, -0.2) is 4.98 Å². The van der Waals surface area contributed by atoms with Crippen LogP contribution in [0.25, 0.3) is 77.1 Å². The van der Waals surface area contributed by atoms with E-state index in [2.05, 4.69) is 98.9 Å². The Labute approximate surface area is 234 Å². The summed E-state index contributed by atoms with van der Waals surface area (Å²) in [6, 6.07) is 35.1. The fourth-order valence-electron chi connectivity index (χ4n) is 7.06. The molecule has 4 aromatic carbocycles. The number of pyridine rings is 3. The number of imidazole rings is 1. The second-order valence-corrected chi connectivity index (χ2v) is 11.0. The van der Waals surface area contributed by atoms with E-state index in [0.717, 1.165) is 50.6 Å². The number of hydrogen-bond donors (Lipinski definition) is 0. The van der Waals surface area contributed by atoms with Crippen LogP contribution in [0.1, 0.15) is 11.1 Å². The summed E-state index contributed by atoms with van der Waals surface area (Å²) in [5, 5.41) is 4.67. The van der Waals surface area contributed by atoms with Crippen molar-refractivity contribution in [2.24, 2.45) is 0 Å². The van der Waals surface area contributed by atoms with Crippen molar-refractivity contribution in [3.05, 3.63) is 127 Å². The molecule has 190 valence electrons. The molecule has 5 nitrogen and oxygen atoms in total. The molecule has 0 bridgehead atoms. The maximum absolute atomic E-state index is 5.12. The predicted octanol–water partition coefficient (Wildman–Crippen LogP) is 8.25. The van der Waals surface area contributed by atoms with Gasteiger partial charge >= 0.3 is 0 Å². The molecule has 5 aromatic heterocycles. The predicted molar refractivity (Wildman–Crippen MR) is 166 cm³/mol. The fraction of sp³-hybridized carbons (Fsp3) is 0.0278. The quantitative estimate of drug-likeness (QED) is 0.204. The fourth-order valence-corrected chi connectivity index (χ4v) is 7.06. The number of benzene rings is 4. The average Bonchev–Trinajstić information content (AvgIpc) is 3.69. The van der Waals surface area contributed by atoms with Gasteiger partial charge in [-0.3, -0.25) is 14.4 Å². The van der Waals surface area contributed by atoms with Gasteiger partial charge in [-0.15, -0.1) is 0 Å². The molecule has 0 fully saturated rings. The largest absolute Gasteiger partial charge is 0.309 e. The van der Waals surface area contributed by atoms with Crippen LogP contribution in [-0.2, 0) is 6.42 Å². The molecule has 0 saturated carbocycles. The second kappa shape index (κ2) is 7.55. The third kappa shape index (κ3) is 2.72. The molecule has 10 rings (SSSR count). The summed E-state index contributed by atoms with van der Waals surface area (Å²) in [6.07, 6.45) is 6.55. The molecule has 41 heavy (non-hydrogen) atoms. The molecule has 1 aliphatic rings. The smallest absolute Gasteiger partial charge is 0.146 e. The molecule has 0 atom stereocenters. The number of hydrogen-bond acceptors (Lipinski definition) is 3. The Kier molecular flexibility index (Phi) is 3.92. The van der Waals surface area contributed by atoms with Crippen LogP contribution in [0.3, 0.4) is 0 Å². The molecule has 0 unspecified atom stereocenters. The van der Waals surface area contributed by atoms with Crippen LogP contribution in [0.2, 0.25) is 0 Å². The van der Waals surface area contributed by atoms with E-state index in [1.54, 1.807) is 0 Å². The molecule has 9 aromatic rings. The molecule has 0 saturated heterocycles. The zero-order valence-corrected chi connectivity index (χ0v) is 21.9. The average molecular weight is 524 g/mol. The molecule has 5 heterocycles. The first kappa shape index (κ1) is 21.3. The SMILES string of the molecule is c1ccc(-n2c3cc4c(cc3c3cc5c(cc32)c2ncccc2n2c3cnccc3nc52)Cc2ccccc2-4)cc1. The summed E-state index contributed by atoms with van der Waals surface area (Å²) >= 11 is 0. The lowest BCUT2D eigenvalue weighted by Gasteiger charge is -2.11. The second-order valence-electron chi connectivity index (χ2n) is 11.0. The maximum Gasteiger partial charge on any atom is 0.146 e. The van der Waals surface area contributed by atoms with E-state index in [-0.39, 0.29) is 0 Å². The number of aromatic nitrogens is 5. The number of rotatable bonds is 1.